The van der Waals surface area contributed by atoms with Crippen LogP contribution in [0.25, 0.3) is 0 Å². The van der Waals surface area contributed by atoms with Crippen molar-refractivity contribution >= 4 is 11.4 Å². The molecule has 0 unspecified atom stereocenters. The van der Waals surface area contributed by atoms with Gasteiger partial charge < -0.3 is 9.64 Å². The Morgan fingerprint density at radius 3 is 2.48 bits per heavy atom. The SMILES string of the molecule is COc1cc(N2CCC(CC3CC3)CC2)ccc1[N+](=O)[O-]. The largest absolute Gasteiger partial charge is 0.490 e. The Kier molecular flexibility index (Phi) is 3.99. The predicted molar refractivity (Wildman–Crippen MR) is 81.9 cm³/mol. The first kappa shape index (κ1) is 14.2. The summed E-state index contributed by atoms with van der Waals surface area (Å²) in [6.07, 6.45) is 6.72. The average Bonchev–Trinajstić information content (AvgIpc) is 3.31. The molecule has 1 aliphatic carbocycles. The van der Waals surface area contributed by atoms with E-state index in [-0.39, 0.29) is 5.69 Å². The van der Waals surface area contributed by atoms with Gasteiger partial charge in [0.15, 0.2) is 5.75 Å². The van der Waals surface area contributed by atoms with Gasteiger partial charge in [-0.2, -0.15) is 0 Å². The standard InChI is InChI=1S/C16H22N2O3/c1-21-16-11-14(4-5-15(16)18(19)20)17-8-6-13(7-9-17)10-12-2-3-12/h4-5,11-13H,2-3,6-10H2,1H3. The summed E-state index contributed by atoms with van der Waals surface area (Å²) in [5.74, 6) is 2.22. The van der Waals surface area contributed by atoms with E-state index >= 15 is 0 Å². The second-order valence-corrected chi connectivity index (χ2v) is 6.22. The van der Waals surface area contributed by atoms with Gasteiger partial charge in [-0.15, -0.1) is 0 Å². The van der Waals surface area contributed by atoms with Crippen molar-refractivity contribution in [3.8, 4) is 5.75 Å². The van der Waals surface area contributed by atoms with Gasteiger partial charge in [0.1, 0.15) is 0 Å². The van der Waals surface area contributed by atoms with Gasteiger partial charge >= 0.3 is 5.69 Å². The highest BCUT2D eigenvalue weighted by Gasteiger charge is 2.28. The quantitative estimate of drug-likeness (QED) is 0.614. The van der Waals surface area contributed by atoms with Crippen LogP contribution < -0.4 is 9.64 Å². The van der Waals surface area contributed by atoms with E-state index in [0.717, 1.165) is 30.6 Å². The lowest BCUT2D eigenvalue weighted by molar-refractivity contribution is -0.385. The molecule has 2 aliphatic rings. The van der Waals surface area contributed by atoms with Crippen molar-refractivity contribution in [2.75, 3.05) is 25.1 Å². The fourth-order valence-electron chi connectivity index (χ4n) is 3.27. The molecule has 3 rings (SSSR count). The number of ether oxygens (including phenoxy) is 1. The van der Waals surface area contributed by atoms with Gasteiger partial charge in [-0.3, -0.25) is 10.1 Å². The van der Waals surface area contributed by atoms with Gasteiger partial charge in [0, 0.05) is 30.9 Å². The topological polar surface area (TPSA) is 55.6 Å². The van der Waals surface area contributed by atoms with E-state index < -0.39 is 4.92 Å². The van der Waals surface area contributed by atoms with Crippen LogP contribution in [0.5, 0.6) is 5.75 Å². The molecule has 0 bridgehead atoms. The van der Waals surface area contributed by atoms with Crippen LogP contribution in [0.3, 0.4) is 0 Å². The van der Waals surface area contributed by atoms with Crippen LogP contribution >= 0.6 is 0 Å². The monoisotopic (exact) mass is 290 g/mol. The summed E-state index contributed by atoms with van der Waals surface area (Å²) in [4.78, 5) is 12.8. The summed E-state index contributed by atoms with van der Waals surface area (Å²) in [5, 5.41) is 10.9. The molecule has 0 N–H and O–H groups in total. The van der Waals surface area contributed by atoms with Crippen LogP contribution in [0.2, 0.25) is 0 Å². The highest BCUT2D eigenvalue weighted by molar-refractivity contribution is 5.59. The van der Waals surface area contributed by atoms with Crippen molar-refractivity contribution in [2.24, 2.45) is 11.8 Å². The van der Waals surface area contributed by atoms with Gasteiger partial charge in [0.05, 0.1) is 12.0 Å². The lowest BCUT2D eigenvalue weighted by atomic mass is 9.91. The number of nitro groups is 1. The van der Waals surface area contributed by atoms with Gasteiger partial charge in [0.2, 0.25) is 0 Å². The molecule has 21 heavy (non-hydrogen) atoms. The lowest BCUT2D eigenvalue weighted by Gasteiger charge is -2.33. The van der Waals surface area contributed by atoms with Crippen molar-refractivity contribution in [3.63, 3.8) is 0 Å². The van der Waals surface area contributed by atoms with E-state index in [9.17, 15) is 10.1 Å². The predicted octanol–water partition coefficient (Wildman–Crippen LogP) is 3.62. The first-order valence-electron chi connectivity index (χ1n) is 7.74. The molecule has 1 saturated carbocycles. The zero-order valence-corrected chi connectivity index (χ0v) is 12.5. The molecule has 1 aliphatic heterocycles. The number of anilines is 1. The van der Waals surface area contributed by atoms with Crippen molar-refractivity contribution < 1.29 is 9.66 Å². The molecule has 5 nitrogen and oxygen atoms in total. The zero-order chi connectivity index (χ0) is 14.8. The molecule has 1 aromatic rings. The van der Waals surface area contributed by atoms with E-state index in [0.29, 0.717) is 5.75 Å². The van der Waals surface area contributed by atoms with Crippen LogP contribution in [0.1, 0.15) is 32.1 Å². The molecule has 0 spiro atoms. The lowest BCUT2D eigenvalue weighted by Crippen LogP contribution is -2.33. The highest BCUT2D eigenvalue weighted by Crippen LogP contribution is 2.39. The van der Waals surface area contributed by atoms with Crippen molar-refractivity contribution in [1.82, 2.24) is 0 Å². The third-order valence-electron chi connectivity index (χ3n) is 4.70. The first-order chi connectivity index (χ1) is 10.2. The highest BCUT2D eigenvalue weighted by atomic mass is 16.6. The van der Waals surface area contributed by atoms with Crippen LogP contribution in [-0.4, -0.2) is 25.1 Å². The summed E-state index contributed by atoms with van der Waals surface area (Å²) < 4.78 is 5.15. The number of nitrogens with zero attached hydrogens (tertiary/aromatic N) is 2. The maximum atomic E-state index is 10.9. The van der Waals surface area contributed by atoms with Gasteiger partial charge in [-0.25, -0.2) is 0 Å². The molecular weight excluding hydrogens is 268 g/mol. The summed E-state index contributed by atoms with van der Waals surface area (Å²) >= 11 is 0. The molecule has 1 heterocycles. The maximum absolute atomic E-state index is 10.9. The summed E-state index contributed by atoms with van der Waals surface area (Å²) in [5.41, 5.74) is 1.06. The normalized spacial score (nSPS) is 19.6. The van der Waals surface area contributed by atoms with Crippen molar-refractivity contribution in [1.29, 1.82) is 0 Å². The number of benzene rings is 1. The number of hydrogen-bond donors (Lipinski definition) is 0. The molecule has 0 atom stereocenters. The van der Waals surface area contributed by atoms with E-state index in [1.807, 2.05) is 6.07 Å². The van der Waals surface area contributed by atoms with E-state index in [4.69, 9.17) is 4.74 Å². The van der Waals surface area contributed by atoms with Crippen LogP contribution in [0.15, 0.2) is 18.2 Å². The van der Waals surface area contributed by atoms with Crippen LogP contribution in [0, 0.1) is 22.0 Å². The van der Waals surface area contributed by atoms with Crippen molar-refractivity contribution in [2.45, 2.75) is 32.1 Å². The smallest absolute Gasteiger partial charge is 0.311 e. The summed E-state index contributed by atoms with van der Waals surface area (Å²) in [7, 11) is 1.48. The second-order valence-electron chi connectivity index (χ2n) is 6.22. The van der Waals surface area contributed by atoms with Crippen LogP contribution in [-0.2, 0) is 0 Å². The van der Waals surface area contributed by atoms with Gasteiger partial charge in [0.25, 0.3) is 0 Å². The third-order valence-corrected chi connectivity index (χ3v) is 4.70. The Morgan fingerprint density at radius 2 is 1.90 bits per heavy atom. The molecule has 1 saturated heterocycles. The molecule has 5 heteroatoms. The molecule has 2 fully saturated rings. The number of rotatable bonds is 5. The van der Waals surface area contributed by atoms with E-state index in [1.165, 1.54) is 39.2 Å². The Balaban J connectivity index is 1.65. The molecule has 1 aromatic carbocycles. The van der Waals surface area contributed by atoms with Crippen molar-refractivity contribution in [3.05, 3.63) is 28.3 Å². The summed E-state index contributed by atoms with van der Waals surface area (Å²) in [6, 6.07) is 5.17. The minimum atomic E-state index is -0.398. The molecule has 114 valence electrons. The zero-order valence-electron chi connectivity index (χ0n) is 12.5. The van der Waals surface area contributed by atoms with Gasteiger partial charge in [-0.05, 0) is 37.2 Å². The Morgan fingerprint density at radius 1 is 1.24 bits per heavy atom. The third kappa shape index (κ3) is 3.28. The van der Waals surface area contributed by atoms with Gasteiger partial charge in [-0.1, -0.05) is 12.8 Å². The number of piperidine rings is 1. The fourth-order valence-corrected chi connectivity index (χ4v) is 3.27. The average molecular weight is 290 g/mol. The Bertz CT molecular complexity index is 520. The minimum absolute atomic E-state index is 0.0323. The fraction of sp³-hybridized carbons (Fsp3) is 0.625. The molecular formula is C16H22N2O3. The molecule has 0 radical (unpaired) electrons. The first-order valence-corrected chi connectivity index (χ1v) is 7.74. The van der Waals surface area contributed by atoms with Crippen LogP contribution in [0.4, 0.5) is 11.4 Å². The number of methoxy groups -OCH3 is 1. The Hall–Kier alpha value is -1.78. The number of nitro benzene ring substituents is 1. The van der Waals surface area contributed by atoms with E-state index in [1.54, 1.807) is 12.1 Å². The number of hydrogen-bond acceptors (Lipinski definition) is 4. The molecule has 0 amide bonds. The Labute approximate surface area is 125 Å². The van der Waals surface area contributed by atoms with E-state index in [2.05, 4.69) is 4.90 Å². The summed E-state index contributed by atoms with van der Waals surface area (Å²) in [6.45, 7) is 2.08. The maximum Gasteiger partial charge on any atom is 0.311 e. The minimum Gasteiger partial charge on any atom is -0.490 e. The molecule has 0 aromatic heterocycles. The second kappa shape index (κ2) is 5.92.